The molecule has 4 heteroatoms. The molecule has 2 N–H and O–H groups in total. The van der Waals surface area contributed by atoms with E-state index >= 15 is 0 Å². The van der Waals surface area contributed by atoms with Gasteiger partial charge in [-0.25, -0.2) is 0 Å². The van der Waals surface area contributed by atoms with E-state index in [-0.39, 0.29) is 12.4 Å². The third-order valence-electron chi connectivity index (χ3n) is 2.74. The predicted octanol–water partition coefficient (Wildman–Crippen LogP) is 1.43. The number of hydrogen-bond donors (Lipinski definition) is 2. The third-order valence-corrected chi connectivity index (χ3v) is 2.74. The van der Waals surface area contributed by atoms with Gasteiger partial charge in [0.2, 0.25) is 0 Å². The molecule has 86 valence electrons. The van der Waals surface area contributed by atoms with Crippen LogP contribution in [0.1, 0.15) is 17.5 Å². The molecule has 1 aliphatic heterocycles. The van der Waals surface area contributed by atoms with E-state index in [4.69, 9.17) is 5.26 Å². The van der Waals surface area contributed by atoms with Crippen molar-refractivity contribution in [3.8, 4) is 6.07 Å². The van der Waals surface area contributed by atoms with Crippen LogP contribution in [0, 0.1) is 11.3 Å². The van der Waals surface area contributed by atoms with Gasteiger partial charge in [-0.15, -0.1) is 12.4 Å². The minimum atomic E-state index is 0. The Labute approximate surface area is 102 Å². The van der Waals surface area contributed by atoms with Gasteiger partial charge in [-0.2, -0.15) is 5.26 Å². The van der Waals surface area contributed by atoms with Crippen LogP contribution in [-0.4, -0.2) is 19.1 Å². The van der Waals surface area contributed by atoms with Crippen LogP contribution in [0.5, 0.6) is 0 Å². The molecule has 1 fully saturated rings. The van der Waals surface area contributed by atoms with Crippen molar-refractivity contribution in [2.45, 2.75) is 19.0 Å². The van der Waals surface area contributed by atoms with Gasteiger partial charge in [-0.1, -0.05) is 12.1 Å². The molecule has 0 aliphatic carbocycles. The lowest BCUT2D eigenvalue weighted by molar-refractivity contribution is 0.547. The van der Waals surface area contributed by atoms with Crippen molar-refractivity contribution in [2.75, 3.05) is 13.1 Å². The molecule has 0 saturated carbocycles. The van der Waals surface area contributed by atoms with Gasteiger partial charge in [0.15, 0.2) is 0 Å². The van der Waals surface area contributed by atoms with Crippen molar-refractivity contribution in [2.24, 2.45) is 0 Å². The topological polar surface area (TPSA) is 47.9 Å². The quantitative estimate of drug-likeness (QED) is 0.836. The Morgan fingerprint density at radius 2 is 2.12 bits per heavy atom. The van der Waals surface area contributed by atoms with Gasteiger partial charge in [0.25, 0.3) is 0 Å². The number of nitriles is 1. The molecule has 0 bridgehead atoms. The molecule has 1 aromatic carbocycles. The van der Waals surface area contributed by atoms with Crippen LogP contribution in [0.4, 0.5) is 0 Å². The van der Waals surface area contributed by atoms with Crippen LogP contribution in [0.25, 0.3) is 0 Å². The molecule has 1 heterocycles. The molecule has 1 saturated heterocycles. The van der Waals surface area contributed by atoms with Crippen LogP contribution >= 0.6 is 12.4 Å². The van der Waals surface area contributed by atoms with Gasteiger partial charge in [-0.3, -0.25) is 0 Å². The van der Waals surface area contributed by atoms with E-state index in [1.807, 2.05) is 24.3 Å². The average molecular weight is 238 g/mol. The lowest BCUT2D eigenvalue weighted by Crippen LogP contribution is -2.30. The van der Waals surface area contributed by atoms with E-state index in [0.717, 1.165) is 25.2 Å². The number of halogens is 1. The first kappa shape index (κ1) is 13.0. The van der Waals surface area contributed by atoms with Crippen molar-refractivity contribution in [1.29, 1.82) is 5.26 Å². The monoisotopic (exact) mass is 237 g/mol. The maximum Gasteiger partial charge on any atom is 0.0991 e. The van der Waals surface area contributed by atoms with Crippen molar-refractivity contribution < 1.29 is 0 Å². The normalized spacial score (nSPS) is 18.8. The molecular formula is C12H16ClN3. The molecule has 1 unspecified atom stereocenters. The van der Waals surface area contributed by atoms with Gasteiger partial charge in [-0.05, 0) is 30.7 Å². The molecule has 2 rings (SSSR count). The molecule has 0 aromatic heterocycles. The van der Waals surface area contributed by atoms with E-state index in [2.05, 4.69) is 16.7 Å². The Morgan fingerprint density at radius 1 is 1.38 bits per heavy atom. The van der Waals surface area contributed by atoms with Crippen molar-refractivity contribution in [1.82, 2.24) is 10.6 Å². The predicted molar refractivity (Wildman–Crippen MR) is 66.5 cm³/mol. The Morgan fingerprint density at radius 3 is 2.69 bits per heavy atom. The van der Waals surface area contributed by atoms with Crippen molar-refractivity contribution >= 4 is 12.4 Å². The summed E-state index contributed by atoms with van der Waals surface area (Å²) in [6.45, 7) is 3.07. The zero-order valence-corrected chi connectivity index (χ0v) is 9.89. The first-order valence-corrected chi connectivity index (χ1v) is 5.31. The van der Waals surface area contributed by atoms with Crippen LogP contribution in [0.15, 0.2) is 24.3 Å². The number of nitrogens with zero attached hydrogens (tertiary/aromatic N) is 1. The molecule has 1 aliphatic rings. The van der Waals surface area contributed by atoms with Gasteiger partial charge >= 0.3 is 0 Å². The standard InChI is InChI=1S/C12H15N3.ClH/c13-7-10-1-3-11(4-2-10)8-15-12-5-6-14-9-12;/h1-4,12,14-15H,5-6,8-9H2;1H. The Balaban J connectivity index is 0.00000128. The van der Waals surface area contributed by atoms with E-state index in [0.29, 0.717) is 6.04 Å². The summed E-state index contributed by atoms with van der Waals surface area (Å²) < 4.78 is 0. The highest BCUT2D eigenvalue weighted by molar-refractivity contribution is 5.85. The van der Waals surface area contributed by atoms with Crippen LogP contribution in [-0.2, 0) is 6.54 Å². The van der Waals surface area contributed by atoms with E-state index in [9.17, 15) is 0 Å². The van der Waals surface area contributed by atoms with Gasteiger partial charge in [0.05, 0.1) is 11.6 Å². The summed E-state index contributed by atoms with van der Waals surface area (Å²) in [5.41, 5.74) is 1.96. The van der Waals surface area contributed by atoms with Crippen molar-refractivity contribution in [3.05, 3.63) is 35.4 Å². The fourth-order valence-electron chi connectivity index (χ4n) is 1.79. The van der Waals surface area contributed by atoms with Crippen LogP contribution in [0.2, 0.25) is 0 Å². The Hall–Kier alpha value is -1.08. The fraction of sp³-hybridized carbons (Fsp3) is 0.417. The Bertz CT molecular complexity index is 350. The minimum Gasteiger partial charge on any atom is -0.315 e. The summed E-state index contributed by atoms with van der Waals surface area (Å²) in [5, 5.41) is 15.5. The number of hydrogen-bond acceptors (Lipinski definition) is 3. The minimum absolute atomic E-state index is 0. The second-order valence-corrected chi connectivity index (χ2v) is 3.88. The summed E-state index contributed by atoms with van der Waals surface area (Å²) in [6.07, 6.45) is 1.20. The molecule has 16 heavy (non-hydrogen) atoms. The highest BCUT2D eigenvalue weighted by Gasteiger charge is 2.12. The Kier molecular flexibility index (Phi) is 5.27. The molecule has 1 atom stereocenters. The third kappa shape index (κ3) is 3.49. The SMILES string of the molecule is Cl.N#Cc1ccc(CNC2CCNC2)cc1. The van der Waals surface area contributed by atoms with E-state index in [1.54, 1.807) is 0 Å². The zero-order chi connectivity index (χ0) is 10.5. The van der Waals surface area contributed by atoms with Crippen LogP contribution < -0.4 is 10.6 Å². The van der Waals surface area contributed by atoms with E-state index in [1.165, 1.54) is 12.0 Å². The number of nitrogens with one attached hydrogen (secondary N) is 2. The average Bonchev–Trinajstić information content (AvgIpc) is 2.80. The smallest absolute Gasteiger partial charge is 0.0991 e. The summed E-state index contributed by atoms with van der Waals surface area (Å²) >= 11 is 0. The molecule has 0 radical (unpaired) electrons. The summed E-state index contributed by atoms with van der Waals surface area (Å²) in [6, 6.07) is 10.5. The van der Waals surface area contributed by atoms with Gasteiger partial charge < -0.3 is 10.6 Å². The second kappa shape index (κ2) is 6.49. The summed E-state index contributed by atoms with van der Waals surface area (Å²) in [7, 11) is 0. The lowest BCUT2D eigenvalue weighted by atomic mass is 10.1. The fourth-order valence-corrected chi connectivity index (χ4v) is 1.79. The molecule has 1 aromatic rings. The maximum atomic E-state index is 8.66. The highest BCUT2D eigenvalue weighted by atomic mass is 35.5. The lowest BCUT2D eigenvalue weighted by Gasteiger charge is -2.10. The maximum absolute atomic E-state index is 8.66. The van der Waals surface area contributed by atoms with Crippen molar-refractivity contribution in [3.63, 3.8) is 0 Å². The largest absolute Gasteiger partial charge is 0.315 e. The number of benzene rings is 1. The first-order valence-electron chi connectivity index (χ1n) is 5.31. The molecule has 0 spiro atoms. The first-order chi connectivity index (χ1) is 7.38. The zero-order valence-electron chi connectivity index (χ0n) is 9.07. The van der Waals surface area contributed by atoms with Gasteiger partial charge in [0.1, 0.15) is 0 Å². The van der Waals surface area contributed by atoms with E-state index < -0.39 is 0 Å². The number of rotatable bonds is 3. The highest BCUT2D eigenvalue weighted by Crippen LogP contribution is 2.04. The van der Waals surface area contributed by atoms with Crippen LogP contribution in [0.3, 0.4) is 0 Å². The summed E-state index contributed by atoms with van der Waals surface area (Å²) in [4.78, 5) is 0. The van der Waals surface area contributed by atoms with Gasteiger partial charge in [0, 0.05) is 19.1 Å². The second-order valence-electron chi connectivity index (χ2n) is 3.88. The molecule has 3 nitrogen and oxygen atoms in total. The summed E-state index contributed by atoms with van der Waals surface area (Å²) in [5.74, 6) is 0. The molecule has 0 amide bonds. The molecular weight excluding hydrogens is 222 g/mol.